The first-order chi connectivity index (χ1) is 23.0. The molecule has 0 N–H and O–H groups in total. The van der Waals surface area contributed by atoms with Crippen molar-refractivity contribution in [1.29, 1.82) is 0 Å². The fourth-order valence-electron chi connectivity index (χ4n) is 6.75. The van der Waals surface area contributed by atoms with Crippen LogP contribution in [0.4, 0.5) is 0 Å². The van der Waals surface area contributed by atoms with Crippen molar-refractivity contribution in [3.05, 3.63) is 58.7 Å². The number of esters is 1. The Bertz CT molecular complexity index is 1180. The van der Waals surface area contributed by atoms with Crippen LogP contribution in [0.25, 0.3) is 0 Å². The molecule has 1 aliphatic rings. The fourth-order valence-corrected chi connectivity index (χ4v) is 6.75. The molecule has 1 atom stereocenters. The average Bonchev–Trinajstić information content (AvgIpc) is 3.37. The van der Waals surface area contributed by atoms with Gasteiger partial charge in [-0.1, -0.05) is 182 Å². The predicted octanol–water partition coefficient (Wildman–Crippen LogP) is 12.8. The van der Waals surface area contributed by atoms with Crippen molar-refractivity contribution >= 4 is 5.97 Å². The van der Waals surface area contributed by atoms with E-state index in [4.69, 9.17) is 14.2 Å². The lowest BCUT2D eigenvalue weighted by molar-refractivity contribution is -0.133. The number of unbranched alkanes of at least 4 members (excludes halogenated alkanes) is 17. The third kappa shape index (κ3) is 13.9. The minimum absolute atomic E-state index is 0.0312. The highest BCUT2D eigenvalue weighted by Gasteiger charge is 2.39. The summed E-state index contributed by atoms with van der Waals surface area (Å²) in [7, 11) is 0. The monoisotopic (exact) mass is 663 g/mol. The lowest BCUT2D eigenvalue weighted by Crippen LogP contribution is -2.17. The van der Waals surface area contributed by atoms with E-state index >= 15 is 0 Å². The Labute approximate surface area is 295 Å². The van der Waals surface area contributed by atoms with E-state index in [1.54, 1.807) is 0 Å². The number of carbonyl (C=O) groups is 1. The van der Waals surface area contributed by atoms with Gasteiger partial charge in [0.15, 0.2) is 0 Å². The first-order valence-corrected chi connectivity index (χ1v) is 19.7. The van der Waals surface area contributed by atoms with E-state index in [9.17, 15) is 4.79 Å². The molecule has 0 amide bonds. The third-order valence-electron chi connectivity index (χ3n) is 9.89. The van der Waals surface area contributed by atoms with Crippen molar-refractivity contribution in [3.63, 3.8) is 0 Å². The van der Waals surface area contributed by atoms with Crippen molar-refractivity contribution in [2.24, 2.45) is 0 Å². The minimum atomic E-state index is -0.421. The highest BCUT2D eigenvalue weighted by atomic mass is 16.5. The highest BCUT2D eigenvalue weighted by Crippen LogP contribution is 2.47. The number of benzene rings is 2. The maximum atomic E-state index is 13.2. The van der Waals surface area contributed by atoms with E-state index in [0.29, 0.717) is 13.2 Å². The highest BCUT2D eigenvalue weighted by molar-refractivity contribution is 5.90. The number of fused-ring (bicyclic) bond motifs is 1. The van der Waals surface area contributed by atoms with Crippen molar-refractivity contribution in [2.75, 3.05) is 19.8 Å². The Morgan fingerprint density at radius 3 is 1.58 bits per heavy atom. The van der Waals surface area contributed by atoms with Crippen LogP contribution >= 0.6 is 0 Å². The molecule has 48 heavy (non-hydrogen) atoms. The molecule has 0 spiro atoms. The molecule has 4 nitrogen and oxygen atoms in total. The predicted molar refractivity (Wildman–Crippen MR) is 203 cm³/mol. The molecule has 1 aliphatic heterocycles. The van der Waals surface area contributed by atoms with Gasteiger partial charge in [-0.25, -0.2) is 0 Å². The van der Waals surface area contributed by atoms with Crippen LogP contribution in [-0.2, 0) is 20.4 Å². The van der Waals surface area contributed by atoms with E-state index < -0.39 is 5.92 Å². The van der Waals surface area contributed by atoms with E-state index in [-0.39, 0.29) is 16.8 Å². The van der Waals surface area contributed by atoms with Gasteiger partial charge in [-0.3, -0.25) is 4.79 Å². The zero-order valence-electron chi connectivity index (χ0n) is 32.0. The van der Waals surface area contributed by atoms with Crippen molar-refractivity contribution in [1.82, 2.24) is 0 Å². The van der Waals surface area contributed by atoms with Crippen LogP contribution in [0.1, 0.15) is 192 Å². The van der Waals surface area contributed by atoms with E-state index in [1.165, 1.54) is 115 Å². The second-order valence-electron chi connectivity index (χ2n) is 16.3. The quantitative estimate of drug-likeness (QED) is 0.0637. The van der Waals surface area contributed by atoms with Gasteiger partial charge in [-0.2, -0.15) is 0 Å². The van der Waals surface area contributed by atoms with Gasteiger partial charge in [0, 0.05) is 17.7 Å². The second-order valence-corrected chi connectivity index (χ2v) is 16.3. The lowest BCUT2D eigenvalue weighted by Gasteiger charge is -2.27. The summed E-state index contributed by atoms with van der Waals surface area (Å²) < 4.78 is 17.7. The van der Waals surface area contributed by atoms with Crippen LogP contribution in [0.5, 0.6) is 11.5 Å². The van der Waals surface area contributed by atoms with Crippen LogP contribution in [0.3, 0.4) is 0 Å². The molecule has 1 heterocycles. The third-order valence-corrected chi connectivity index (χ3v) is 9.89. The van der Waals surface area contributed by atoms with E-state index in [2.05, 4.69) is 60.6 Å². The standard InChI is InChI=1S/C44H70O4/c1-8-9-10-11-12-13-14-15-16-17-18-19-20-21-22-23-24-25-30-46-31-32-47-37-28-26-35(27-29-37)40-38-33-36(43(2,3)4)34-39(44(5,6)7)41(38)48-42(40)45/h26-29,33-34,40H,8-25,30-32H2,1-7H3. The summed E-state index contributed by atoms with van der Waals surface area (Å²) in [5.41, 5.74) is 4.05. The smallest absolute Gasteiger partial charge is 0.323 e. The summed E-state index contributed by atoms with van der Waals surface area (Å²) in [6.07, 6.45) is 25.0. The van der Waals surface area contributed by atoms with Gasteiger partial charge in [0.05, 0.1) is 6.61 Å². The molecule has 0 radical (unpaired) electrons. The van der Waals surface area contributed by atoms with Gasteiger partial charge >= 0.3 is 5.97 Å². The van der Waals surface area contributed by atoms with E-state index in [1.807, 2.05) is 24.3 Å². The lowest BCUT2D eigenvalue weighted by atomic mass is 9.77. The Morgan fingerprint density at radius 1 is 0.604 bits per heavy atom. The Morgan fingerprint density at radius 2 is 1.10 bits per heavy atom. The zero-order chi connectivity index (χ0) is 34.8. The first-order valence-electron chi connectivity index (χ1n) is 19.7. The molecule has 2 aromatic rings. The molecule has 4 heteroatoms. The number of carbonyl (C=O) groups excluding carboxylic acids is 1. The molecule has 0 saturated carbocycles. The molecule has 0 fully saturated rings. The van der Waals surface area contributed by atoms with Crippen molar-refractivity contribution in [2.45, 2.75) is 181 Å². The molecular weight excluding hydrogens is 592 g/mol. The van der Waals surface area contributed by atoms with Crippen LogP contribution in [-0.4, -0.2) is 25.8 Å². The topological polar surface area (TPSA) is 44.8 Å². The number of rotatable bonds is 24. The number of hydrogen-bond acceptors (Lipinski definition) is 4. The largest absolute Gasteiger partial charge is 0.491 e. The molecule has 2 aromatic carbocycles. The summed E-state index contributed by atoms with van der Waals surface area (Å²) in [5, 5.41) is 0. The molecule has 0 aliphatic carbocycles. The van der Waals surface area contributed by atoms with Gasteiger partial charge in [0.2, 0.25) is 0 Å². The summed E-state index contributed by atoms with van der Waals surface area (Å²) in [6.45, 7) is 17.4. The molecule has 0 bridgehead atoms. The normalized spacial score (nSPS) is 14.7. The van der Waals surface area contributed by atoms with Crippen molar-refractivity contribution < 1.29 is 19.0 Å². The average molecular weight is 663 g/mol. The van der Waals surface area contributed by atoms with Crippen LogP contribution in [0.2, 0.25) is 0 Å². The SMILES string of the molecule is CCCCCCCCCCCCCCCCCCCCOCCOc1ccc(C2C(=O)Oc3c2cc(C(C)(C)C)cc3C(C)(C)C)cc1. The van der Waals surface area contributed by atoms with E-state index in [0.717, 1.165) is 41.2 Å². The maximum Gasteiger partial charge on any atom is 0.323 e. The zero-order valence-corrected chi connectivity index (χ0v) is 32.0. The van der Waals surface area contributed by atoms with Crippen molar-refractivity contribution in [3.8, 4) is 11.5 Å². The molecule has 0 aromatic heterocycles. The van der Waals surface area contributed by atoms with Gasteiger partial charge in [0.1, 0.15) is 24.0 Å². The first kappa shape index (κ1) is 40.1. The molecule has 3 rings (SSSR count). The van der Waals surface area contributed by atoms with Gasteiger partial charge < -0.3 is 14.2 Å². The van der Waals surface area contributed by atoms with Gasteiger partial charge in [0.25, 0.3) is 0 Å². The summed E-state index contributed by atoms with van der Waals surface area (Å²) in [4.78, 5) is 13.2. The van der Waals surface area contributed by atoms with Gasteiger partial charge in [-0.15, -0.1) is 0 Å². The summed E-state index contributed by atoms with van der Waals surface area (Å²) >= 11 is 0. The number of ether oxygens (including phenoxy) is 3. The van der Waals surface area contributed by atoms with Gasteiger partial charge in [-0.05, 0) is 40.5 Å². The Kier molecular flexibility index (Phi) is 17.6. The van der Waals surface area contributed by atoms with Crippen LogP contribution in [0.15, 0.2) is 36.4 Å². The second kappa shape index (κ2) is 21.0. The molecule has 1 unspecified atom stereocenters. The number of hydrogen-bond donors (Lipinski definition) is 0. The molecule has 270 valence electrons. The Balaban J connectivity index is 1.23. The van der Waals surface area contributed by atoms with Crippen LogP contribution < -0.4 is 9.47 Å². The molecular formula is C44H70O4. The minimum Gasteiger partial charge on any atom is -0.491 e. The van der Waals surface area contributed by atoms with Crippen LogP contribution in [0, 0.1) is 0 Å². The summed E-state index contributed by atoms with van der Waals surface area (Å²) in [5.74, 6) is 0.900. The molecule has 0 saturated heterocycles. The maximum absolute atomic E-state index is 13.2. The summed E-state index contributed by atoms with van der Waals surface area (Å²) in [6, 6.07) is 12.3. The fraction of sp³-hybridized carbons (Fsp3) is 0.705. The Hall–Kier alpha value is -2.33.